The van der Waals surface area contributed by atoms with Crippen molar-refractivity contribution < 1.29 is 4.79 Å². The third-order valence-corrected chi connectivity index (χ3v) is 5.87. The summed E-state index contributed by atoms with van der Waals surface area (Å²) in [6.45, 7) is 8.44. The van der Waals surface area contributed by atoms with Crippen LogP contribution in [-0.2, 0) is 17.9 Å². The molecule has 0 radical (unpaired) electrons. The molecule has 0 aliphatic rings. The molecule has 1 amide bonds. The maximum Gasteiger partial charge on any atom is 0.230 e. The van der Waals surface area contributed by atoms with Crippen molar-refractivity contribution in [1.29, 1.82) is 0 Å². The van der Waals surface area contributed by atoms with Crippen molar-refractivity contribution in [2.75, 3.05) is 11.4 Å². The second-order valence-electron chi connectivity index (χ2n) is 6.19. The molecule has 6 heteroatoms. The van der Waals surface area contributed by atoms with Crippen molar-refractivity contribution in [3.8, 4) is 0 Å². The van der Waals surface area contributed by atoms with Gasteiger partial charge >= 0.3 is 0 Å². The number of aromatic nitrogens is 1. The number of benzene rings is 1. The van der Waals surface area contributed by atoms with Gasteiger partial charge in [0.25, 0.3) is 0 Å². The Kier molecular flexibility index (Phi) is 6.19. The standard InChI is InChI=1S/C20H23N3OS2/c1-4-22(13-19-6-5-11-25-19)12-17-14-26-20(21-17)23(16(3)24)18-9-7-15(2)8-10-18/h5-11,14H,4,12-13H2,1-3H3. The third kappa shape index (κ3) is 4.58. The highest BCUT2D eigenvalue weighted by Gasteiger charge is 2.18. The topological polar surface area (TPSA) is 36.4 Å². The number of thiophene rings is 1. The average molecular weight is 386 g/mol. The average Bonchev–Trinajstić information content (AvgIpc) is 3.28. The molecule has 0 aliphatic heterocycles. The summed E-state index contributed by atoms with van der Waals surface area (Å²) < 4.78 is 0. The first-order valence-electron chi connectivity index (χ1n) is 8.63. The second kappa shape index (κ2) is 8.58. The summed E-state index contributed by atoms with van der Waals surface area (Å²) in [5.74, 6) is -0.0271. The van der Waals surface area contributed by atoms with Gasteiger partial charge in [0.2, 0.25) is 5.91 Å². The van der Waals surface area contributed by atoms with Crippen LogP contribution in [-0.4, -0.2) is 22.3 Å². The molecule has 26 heavy (non-hydrogen) atoms. The van der Waals surface area contributed by atoms with Crippen LogP contribution in [0.3, 0.4) is 0 Å². The quantitative estimate of drug-likeness (QED) is 0.559. The van der Waals surface area contributed by atoms with Crippen molar-refractivity contribution in [3.05, 3.63) is 63.3 Å². The van der Waals surface area contributed by atoms with E-state index < -0.39 is 0 Å². The van der Waals surface area contributed by atoms with Crippen molar-refractivity contribution >= 4 is 39.4 Å². The van der Waals surface area contributed by atoms with Crippen molar-refractivity contribution in [2.24, 2.45) is 0 Å². The molecule has 0 fully saturated rings. The molecule has 0 aliphatic carbocycles. The van der Waals surface area contributed by atoms with Gasteiger partial charge in [-0.05, 0) is 37.0 Å². The van der Waals surface area contributed by atoms with Crippen LogP contribution in [0.1, 0.15) is 30.0 Å². The molecule has 4 nitrogen and oxygen atoms in total. The summed E-state index contributed by atoms with van der Waals surface area (Å²) >= 11 is 3.29. The summed E-state index contributed by atoms with van der Waals surface area (Å²) in [5, 5.41) is 4.89. The number of anilines is 2. The van der Waals surface area contributed by atoms with E-state index in [0.717, 1.165) is 36.1 Å². The molecule has 0 bridgehead atoms. The van der Waals surface area contributed by atoms with E-state index in [-0.39, 0.29) is 5.91 Å². The molecule has 0 spiro atoms. The van der Waals surface area contributed by atoms with Crippen LogP contribution in [0.15, 0.2) is 47.2 Å². The fourth-order valence-electron chi connectivity index (χ4n) is 2.72. The van der Waals surface area contributed by atoms with Crippen LogP contribution in [0.5, 0.6) is 0 Å². The molecule has 0 unspecified atom stereocenters. The SMILES string of the molecule is CCN(Cc1csc(N(C(C)=O)c2ccc(C)cc2)n1)Cc1cccs1. The molecule has 1 aromatic carbocycles. The Bertz CT molecular complexity index is 840. The molecule has 0 saturated heterocycles. The van der Waals surface area contributed by atoms with Gasteiger partial charge in [0.05, 0.1) is 11.4 Å². The van der Waals surface area contributed by atoms with Gasteiger partial charge in [-0.25, -0.2) is 4.98 Å². The number of aryl methyl sites for hydroxylation is 1. The lowest BCUT2D eigenvalue weighted by atomic mass is 10.2. The minimum absolute atomic E-state index is 0.0271. The highest BCUT2D eigenvalue weighted by molar-refractivity contribution is 7.14. The first kappa shape index (κ1) is 18.8. The van der Waals surface area contributed by atoms with Crippen LogP contribution in [0.25, 0.3) is 0 Å². The number of nitrogens with zero attached hydrogens (tertiary/aromatic N) is 3. The largest absolute Gasteiger partial charge is 0.293 e. The number of amides is 1. The predicted octanol–water partition coefficient (Wildman–Crippen LogP) is 5.22. The lowest BCUT2D eigenvalue weighted by Gasteiger charge is -2.19. The monoisotopic (exact) mass is 385 g/mol. The van der Waals surface area contributed by atoms with Crippen LogP contribution in [0.4, 0.5) is 10.8 Å². The number of rotatable bonds is 7. The van der Waals surface area contributed by atoms with Gasteiger partial charge in [0, 0.05) is 30.3 Å². The molecule has 0 N–H and O–H groups in total. The predicted molar refractivity (Wildman–Crippen MR) is 110 cm³/mol. The van der Waals surface area contributed by atoms with Gasteiger partial charge < -0.3 is 0 Å². The first-order valence-corrected chi connectivity index (χ1v) is 10.4. The van der Waals surface area contributed by atoms with E-state index in [4.69, 9.17) is 4.98 Å². The summed E-state index contributed by atoms with van der Waals surface area (Å²) in [7, 11) is 0. The van der Waals surface area contributed by atoms with Gasteiger partial charge in [-0.2, -0.15) is 0 Å². The molecule has 2 aromatic heterocycles. The highest BCUT2D eigenvalue weighted by Crippen LogP contribution is 2.29. The number of hydrogen-bond acceptors (Lipinski definition) is 5. The second-order valence-corrected chi connectivity index (χ2v) is 8.06. The maximum absolute atomic E-state index is 12.2. The number of carbonyl (C=O) groups is 1. The highest BCUT2D eigenvalue weighted by atomic mass is 32.1. The Morgan fingerprint density at radius 2 is 1.88 bits per heavy atom. The molecular weight excluding hydrogens is 362 g/mol. The molecule has 0 atom stereocenters. The van der Waals surface area contributed by atoms with Gasteiger partial charge in [0.1, 0.15) is 0 Å². The zero-order valence-electron chi connectivity index (χ0n) is 15.3. The van der Waals surface area contributed by atoms with Crippen LogP contribution >= 0.6 is 22.7 Å². The lowest BCUT2D eigenvalue weighted by molar-refractivity contribution is -0.115. The number of thiazole rings is 1. The van der Waals surface area contributed by atoms with Gasteiger partial charge in [-0.1, -0.05) is 30.7 Å². The van der Waals surface area contributed by atoms with E-state index in [1.54, 1.807) is 23.2 Å². The maximum atomic E-state index is 12.2. The smallest absolute Gasteiger partial charge is 0.230 e. The zero-order chi connectivity index (χ0) is 18.5. The third-order valence-electron chi connectivity index (χ3n) is 4.13. The molecule has 2 heterocycles. The lowest BCUT2D eigenvalue weighted by Crippen LogP contribution is -2.24. The minimum atomic E-state index is -0.0271. The Morgan fingerprint density at radius 1 is 1.12 bits per heavy atom. The van der Waals surface area contributed by atoms with E-state index in [0.29, 0.717) is 0 Å². The summed E-state index contributed by atoms with van der Waals surface area (Å²) in [6.07, 6.45) is 0. The molecular formula is C20H23N3OS2. The minimum Gasteiger partial charge on any atom is -0.293 e. The summed E-state index contributed by atoms with van der Waals surface area (Å²) in [4.78, 5) is 22.3. The fourth-order valence-corrected chi connectivity index (χ4v) is 4.35. The molecule has 3 aromatic rings. The van der Waals surface area contributed by atoms with Crippen molar-refractivity contribution in [3.63, 3.8) is 0 Å². The van der Waals surface area contributed by atoms with E-state index in [9.17, 15) is 4.79 Å². The summed E-state index contributed by atoms with van der Waals surface area (Å²) in [5.41, 5.74) is 3.03. The summed E-state index contributed by atoms with van der Waals surface area (Å²) in [6, 6.07) is 12.2. The normalized spacial score (nSPS) is 11.1. The Balaban J connectivity index is 1.76. The number of hydrogen-bond donors (Lipinski definition) is 0. The van der Waals surface area contributed by atoms with Gasteiger partial charge in [-0.15, -0.1) is 22.7 Å². The Labute approximate surface area is 162 Å². The molecule has 3 rings (SSSR count). The van der Waals surface area contributed by atoms with Gasteiger partial charge in [0.15, 0.2) is 5.13 Å². The van der Waals surface area contributed by atoms with Crippen molar-refractivity contribution in [2.45, 2.75) is 33.9 Å². The van der Waals surface area contributed by atoms with Crippen LogP contribution in [0, 0.1) is 6.92 Å². The molecule has 0 saturated carbocycles. The fraction of sp³-hybridized carbons (Fsp3) is 0.300. The van der Waals surface area contributed by atoms with E-state index >= 15 is 0 Å². The zero-order valence-corrected chi connectivity index (χ0v) is 16.9. The Hall–Kier alpha value is -2.02. The molecule has 136 valence electrons. The first-order chi connectivity index (χ1) is 12.6. The van der Waals surface area contributed by atoms with Crippen LogP contribution < -0.4 is 4.90 Å². The van der Waals surface area contributed by atoms with E-state index in [1.807, 2.05) is 31.2 Å². The van der Waals surface area contributed by atoms with E-state index in [2.05, 4.69) is 34.7 Å². The van der Waals surface area contributed by atoms with Crippen LogP contribution in [0.2, 0.25) is 0 Å². The van der Waals surface area contributed by atoms with Gasteiger partial charge in [-0.3, -0.25) is 14.6 Å². The van der Waals surface area contributed by atoms with E-state index in [1.165, 1.54) is 21.8 Å². The Morgan fingerprint density at radius 3 is 2.50 bits per heavy atom. The number of carbonyl (C=O) groups excluding carboxylic acids is 1. The van der Waals surface area contributed by atoms with Crippen molar-refractivity contribution in [1.82, 2.24) is 9.88 Å².